The van der Waals surface area contributed by atoms with Crippen LogP contribution in [-0.4, -0.2) is 62.1 Å². The van der Waals surface area contributed by atoms with Crippen LogP contribution in [0, 0.1) is 4.91 Å². The van der Waals surface area contributed by atoms with E-state index in [4.69, 9.17) is 4.74 Å². The number of carbonyl (C=O) groups excluding carboxylic acids is 2. The molecule has 3 rings (SSSR count). The summed E-state index contributed by atoms with van der Waals surface area (Å²) in [5.74, 6) is -0.181. The van der Waals surface area contributed by atoms with E-state index in [1.54, 1.807) is 24.3 Å². The minimum absolute atomic E-state index is 0.0512. The Morgan fingerprint density at radius 3 is 2.58 bits per heavy atom. The standard InChI is InChI=1S/C16H20FN5O4/c1-11(23)18-8-14-9-21(16(24)26-14)13-4-2-12(3-5-13)20-6-7-22(19-25)15(17)10-20/h2-5,14-15H,6-10H2,1H3,(H,18,23)/t14-,15+/m0/s1. The molecule has 26 heavy (non-hydrogen) atoms. The van der Waals surface area contributed by atoms with Gasteiger partial charge in [0.15, 0.2) is 0 Å². The summed E-state index contributed by atoms with van der Waals surface area (Å²) in [5.41, 5.74) is 1.46. The highest BCUT2D eigenvalue weighted by Gasteiger charge is 2.32. The summed E-state index contributed by atoms with van der Waals surface area (Å²) in [7, 11) is 0. The molecule has 0 unspecified atom stereocenters. The molecule has 1 N–H and O–H groups in total. The second kappa shape index (κ2) is 7.54. The lowest BCUT2D eigenvalue weighted by Crippen LogP contribution is -2.48. The van der Waals surface area contributed by atoms with Crippen molar-refractivity contribution in [3.05, 3.63) is 29.2 Å². The van der Waals surface area contributed by atoms with Gasteiger partial charge in [0.2, 0.25) is 12.2 Å². The normalized spacial score (nSPS) is 23.0. The number of benzene rings is 1. The fourth-order valence-corrected chi connectivity index (χ4v) is 3.00. The number of nitrogens with one attached hydrogen (secondary N) is 1. The average molecular weight is 365 g/mol. The van der Waals surface area contributed by atoms with Gasteiger partial charge in [0.25, 0.3) is 0 Å². The first-order chi connectivity index (χ1) is 12.5. The summed E-state index contributed by atoms with van der Waals surface area (Å²) in [5, 5.41) is 6.18. The first kappa shape index (κ1) is 17.9. The highest BCUT2D eigenvalue weighted by atomic mass is 19.1. The van der Waals surface area contributed by atoms with Crippen LogP contribution in [0.4, 0.5) is 20.6 Å². The second-order valence-corrected chi connectivity index (χ2v) is 6.20. The smallest absolute Gasteiger partial charge is 0.414 e. The summed E-state index contributed by atoms with van der Waals surface area (Å²) >= 11 is 0. The summed E-state index contributed by atoms with van der Waals surface area (Å²) < 4.78 is 19.1. The van der Waals surface area contributed by atoms with Gasteiger partial charge in [0, 0.05) is 24.8 Å². The van der Waals surface area contributed by atoms with E-state index in [9.17, 15) is 18.9 Å². The topological polar surface area (TPSA) is 94.5 Å². The van der Waals surface area contributed by atoms with Crippen LogP contribution in [0.25, 0.3) is 0 Å². The van der Waals surface area contributed by atoms with Gasteiger partial charge >= 0.3 is 6.09 Å². The van der Waals surface area contributed by atoms with Crippen LogP contribution in [0.1, 0.15) is 6.92 Å². The molecule has 2 heterocycles. The molecule has 1 aromatic carbocycles. The second-order valence-electron chi connectivity index (χ2n) is 6.20. The number of amides is 2. The van der Waals surface area contributed by atoms with Gasteiger partial charge in [0.1, 0.15) is 6.10 Å². The Bertz CT molecular complexity index is 686. The van der Waals surface area contributed by atoms with E-state index in [0.29, 0.717) is 18.8 Å². The molecule has 10 heteroatoms. The van der Waals surface area contributed by atoms with Crippen LogP contribution in [-0.2, 0) is 9.53 Å². The highest BCUT2D eigenvalue weighted by Crippen LogP contribution is 2.26. The van der Waals surface area contributed by atoms with Crippen molar-refractivity contribution in [1.29, 1.82) is 0 Å². The van der Waals surface area contributed by atoms with E-state index < -0.39 is 18.5 Å². The molecule has 0 bridgehead atoms. The average Bonchev–Trinajstić information content (AvgIpc) is 3.01. The fraction of sp³-hybridized carbons (Fsp3) is 0.500. The molecule has 2 amide bonds. The van der Waals surface area contributed by atoms with Gasteiger partial charge in [-0.1, -0.05) is 0 Å². The van der Waals surface area contributed by atoms with Crippen molar-refractivity contribution in [3.8, 4) is 0 Å². The number of cyclic esters (lactones) is 1. The van der Waals surface area contributed by atoms with Gasteiger partial charge in [-0.15, -0.1) is 4.91 Å². The molecule has 2 saturated heterocycles. The maximum absolute atomic E-state index is 13.8. The zero-order chi connectivity index (χ0) is 18.7. The van der Waals surface area contributed by atoms with Gasteiger partial charge in [0.05, 0.1) is 31.5 Å². The van der Waals surface area contributed by atoms with E-state index in [1.165, 1.54) is 11.8 Å². The number of hydrogen-bond acceptors (Lipinski definition) is 6. The number of halogens is 1. The zero-order valence-corrected chi connectivity index (χ0v) is 14.3. The third-order valence-corrected chi connectivity index (χ3v) is 4.38. The van der Waals surface area contributed by atoms with Crippen molar-refractivity contribution in [2.75, 3.05) is 42.5 Å². The van der Waals surface area contributed by atoms with E-state index >= 15 is 0 Å². The van der Waals surface area contributed by atoms with E-state index in [1.807, 2.05) is 4.90 Å². The van der Waals surface area contributed by atoms with E-state index in [2.05, 4.69) is 10.6 Å². The lowest BCUT2D eigenvalue weighted by Gasteiger charge is -2.35. The van der Waals surface area contributed by atoms with Crippen LogP contribution >= 0.6 is 0 Å². The first-order valence-electron chi connectivity index (χ1n) is 8.29. The van der Waals surface area contributed by atoms with Gasteiger partial charge in [-0.3, -0.25) is 9.69 Å². The highest BCUT2D eigenvalue weighted by molar-refractivity contribution is 5.90. The largest absolute Gasteiger partial charge is 0.442 e. The van der Waals surface area contributed by atoms with Crippen LogP contribution in [0.3, 0.4) is 0 Å². The molecule has 2 aliphatic heterocycles. The number of anilines is 2. The molecule has 2 fully saturated rings. The number of piperazine rings is 1. The molecule has 2 aliphatic rings. The molecule has 0 radical (unpaired) electrons. The molecule has 0 spiro atoms. The number of carbonyl (C=O) groups is 2. The maximum Gasteiger partial charge on any atom is 0.414 e. The molecule has 0 saturated carbocycles. The molecule has 1 aromatic rings. The summed E-state index contributed by atoms with van der Waals surface area (Å²) in [6.07, 6.45) is -2.31. The Morgan fingerprint density at radius 1 is 1.27 bits per heavy atom. The fourth-order valence-electron chi connectivity index (χ4n) is 3.00. The summed E-state index contributed by atoms with van der Waals surface area (Å²) in [6.45, 7) is 2.76. The first-order valence-corrected chi connectivity index (χ1v) is 8.29. The van der Waals surface area contributed by atoms with Crippen LogP contribution < -0.4 is 15.1 Å². The summed E-state index contributed by atoms with van der Waals surface area (Å²) in [4.78, 5) is 36.8. The monoisotopic (exact) mass is 365 g/mol. The van der Waals surface area contributed by atoms with Gasteiger partial charge in [-0.2, -0.15) is 0 Å². The maximum atomic E-state index is 13.8. The number of hydrogen-bond donors (Lipinski definition) is 1. The van der Waals surface area contributed by atoms with Gasteiger partial charge in [-0.05, 0) is 24.3 Å². The molecule has 140 valence electrons. The number of ether oxygens (including phenoxy) is 1. The molecular weight excluding hydrogens is 345 g/mol. The number of rotatable bonds is 5. The molecule has 9 nitrogen and oxygen atoms in total. The predicted octanol–water partition coefficient (Wildman–Crippen LogP) is 1.25. The quantitative estimate of drug-likeness (QED) is 0.623. The van der Waals surface area contributed by atoms with E-state index in [-0.39, 0.29) is 25.5 Å². The van der Waals surface area contributed by atoms with Crippen LogP contribution in [0.15, 0.2) is 29.6 Å². The Labute approximate surface area is 149 Å². The SMILES string of the molecule is CC(=O)NC[C@H]1CN(c2ccc(N3CCN(N=O)[C@@H](F)C3)cc2)C(=O)O1. The summed E-state index contributed by atoms with van der Waals surface area (Å²) in [6, 6.07) is 7.10. The number of alkyl halides is 1. The lowest BCUT2D eigenvalue weighted by molar-refractivity contribution is -0.119. The molecule has 2 atom stereocenters. The minimum atomic E-state index is -1.44. The Morgan fingerprint density at radius 2 is 1.96 bits per heavy atom. The molecule has 0 aromatic heterocycles. The number of nitrogens with zero attached hydrogens (tertiary/aromatic N) is 4. The van der Waals surface area contributed by atoms with Crippen molar-refractivity contribution in [3.63, 3.8) is 0 Å². The lowest BCUT2D eigenvalue weighted by atomic mass is 10.2. The third-order valence-electron chi connectivity index (χ3n) is 4.38. The minimum Gasteiger partial charge on any atom is -0.442 e. The van der Waals surface area contributed by atoms with Gasteiger partial charge < -0.3 is 15.0 Å². The number of nitroso groups, excluding NO2 is 1. The Hall–Kier alpha value is -2.91. The zero-order valence-electron chi connectivity index (χ0n) is 14.3. The van der Waals surface area contributed by atoms with Crippen molar-refractivity contribution >= 4 is 23.4 Å². The van der Waals surface area contributed by atoms with Crippen molar-refractivity contribution < 1.29 is 18.7 Å². The Balaban J connectivity index is 1.62. The Kier molecular flexibility index (Phi) is 5.19. The molecule has 0 aliphatic carbocycles. The van der Waals surface area contributed by atoms with Gasteiger partial charge in [-0.25, -0.2) is 14.2 Å². The van der Waals surface area contributed by atoms with Crippen molar-refractivity contribution in [1.82, 2.24) is 10.3 Å². The predicted molar refractivity (Wildman–Crippen MR) is 92.4 cm³/mol. The third kappa shape index (κ3) is 3.84. The molecular formula is C16H20FN5O4. The van der Waals surface area contributed by atoms with Crippen LogP contribution in [0.2, 0.25) is 0 Å². The van der Waals surface area contributed by atoms with Crippen LogP contribution in [0.5, 0.6) is 0 Å². The van der Waals surface area contributed by atoms with E-state index in [0.717, 1.165) is 10.7 Å². The van der Waals surface area contributed by atoms with Crippen molar-refractivity contribution in [2.24, 2.45) is 5.29 Å². The van der Waals surface area contributed by atoms with Crippen molar-refractivity contribution in [2.45, 2.75) is 19.3 Å².